The van der Waals surface area contributed by atoms with E-state index in [1.807, 2.05) is 0 Å². The first-order chi connectivity index (χ1) is 9.97. The Morgan fingerprint density at radius 3 is 2.62 bits per heavy atom. The molecule has 1 saturated carbocycles. The van der Waals surface area contributed by atoms with E-state index in [0.29, 0.717) is 6.42 Å². The van der Waals surface area contributed by atoms with Gasteiger partial charge in [-0.25, -0.2) is 12.8 Å². The maximum Gasteiger partial charge on any atom is 0.238 e. The van der Waals surface area contributed by atoms with Crippen LogP contribution in [0, 0.1) is 5.82 Å². The SMILES string of the molecule is COc1cc(F)ccc1NS(=O)(=O)[C@@H]1CCCC[C@@H]1OC. The Kier molecular flexibility index (Phi) is 5.05. The molecule has 0 heterocycles. The zero-order chi connectivity index (χ0) is 15.5. The number of ether oxygens (including phenoxy) is 2. The summed E-state index contributed by atoms with van der Waals surface area (Å²) in [6.45, 7) is 0. The van der Waals surface area contributed by atoms with E-state index in [1.54, 1.807) is 0 Å². The lowest BCUT2D eigenvalue weighted by atomic mass is 9.97. The van der Waals surface area contributed by atoms with Gasteiger partial charge in [0.1, 0.15) is 16.8 Å². The third-order valence-electron chi connectivity index (χ3n) is 3.76. The Bertz CT molecular complexity index is 591. The number of rotatable bonds is 5. The second-order valence-electron chi connectivity index (χ2n) is 5.09. The number of sulfonamides is 1. The molecule has 0 radical (unpaired) electrons. The number of hydrogen-bond donors (Lipinski definition) is 1. The molecule has 1 aliphatic rings. The van der Waals surface area contributed by atoms with Crippen LogP contribution >= 0.6 is 0 Å². The zero-order valence-electron chi connectivity index (χ0n) is 12.1. The predicted octanol–water partition coefficient (Wildman–Crippen LogP) is 2.53. The molecule has 2 rings (SSSR count). The van der Waals surface area contributed by atoms with Crippen LogP contribution < -0.4 is 9.46 Å². The quantitative estimate of drug-likeness (QED) is 0.906. The van der Waals surface area contributed by atoms with Gasteiger partial charge < -0.3 is 9.47 Å². The van der Waals surface area contributed by atoms with E-state index in [0.717, 1.165) is 25.3 Å². The van der Waals surface area contributed by atoms with E-state index in [4.69, 9.17) is 9.47 Å². The third-order valence-corrected chi connectivity index (χ3v) is 5.60. The Morgan fingerprint density at radius 2 is 1.95 bits per heavy atom. The van der Waals surface area contributed by atoms with Crippen LogP contribution in [-0.4, -0.2) is 34.0 Å². The molecule has 1 aromatic rings. The highest BCUT2D eigenvalue weighted by Crippen LogP contribution is 2.31. The van der Waals surface area contributed by atoms with Crippen LogP contribution in [0.4, 0.5) is 10.1 Å². The second kappa shape index (κ2) is 6.62. The summed E-state index contributed by atoms with van der Waals surface area (Å²) in [6.07, 6.45) is 2.78. The monoisotopic (exact) mass is 317 g/mol. The fraction of sp³-hybridized carbons (Fsp3) is 0.571. The first kappa shape index (κ1) is 16.0. The van der Waals surface area contributed by atoms with Crippen LogP contribution in [0.3, 0.4) is 0 Å². The van der Waals surface area contributed by atoms with E-state index in [9.17, 15) is 12.8 Å². The number of nitrogens with one attached hydrogen (secondary N) is 1. The summed E-state index contributed by atoms with van der Waals surface area (Å²) in [5.74, 6) is -0.328. The molecule has 1 N–H and O–H groups in total. The summed E-state index contributed by atoms with van der Waals surface area (Å²) in [4.78, 5) is 0. The van der Waals surface area contributed by atoms with Crippen LogP contribution in [0.2, 0.25) is 0 Å². The minimum atomic E-state index is -3.62. The average Bonchev–Trinajstić information content (AvgIpc) is 2.48. The van der Waals surface area contributed by atoms with Crippen LogP contribution in [0.5, 0.6) is 5.75 Å². The number of anilines is 1. The molecule has 1 aromatic carbocycles. The van der Waals surface area contributed by atoms with Gasteiger partial charge in [-0.05, 0) is 25.0 Å². The first-order valence-electron chi connectivity index (χ1n) is 6.86. The number of methoxy groups -OCH3 is 2. The van der Waals surface area contributed by atoms with Crippen LogP contribution in [-0.2, 0) is 14.8 Å². The van der Waals surface area contributed by atoms with Crippen LogP contribution in [0.1, 0.15) is 25.7 Å². The lowest BCUT2D eigenvalue weighted by Gasteiger charge is -2.30. The lowest BCUT2D eigenvalue weighted by Crippen LogP contribution is -2.41. The maximum atomic E-state index is 13.2. The Morgan fingerprint density at radius 1 is 1.24 bits per heavy atom. The van der Waals surface area contributed by atoms with E-state index >= 15 is 0 Å². The lowest BCUT2D eigenvalue weighted by molar-refractivity contribution is 0.0739. The molecular weight excluding hydrogens is 297 g/mol. The van der Waals surface area contributed by atoms with Gasteiger partial charge in [0.15, 0.2) is 0 Å². The molecule has 2 atom stereocenters. The summed E-state index contributed by atoms with van der Waals surface area (Å²) in [5, 5.41) is -0.606. The van der Waals surface area contributed by atoms with Crippen molar-refractivity contribution in [2.75, 3.05) is 18.9 Å². The van der Waals surface area contributed by atoms with Gasteiger partial charge >= 0.3 is 0 Å². The predicted molar refractivity (Wildman–Crippen MR) is 78.5 cm³/mol. The van der Waals surface area contributed by atoms with Crippen molar-refractivity contribution in [3.8, 4) is 5.75 Å². The molecule has 1 aliphatic carbocycles. The maximum absolute atomic E-state index is 13.2. The molecule has 118 valence electrons. The molecule has 5 nitrogen and oxygen atoms in total. The topological polar surface area (TPSA) is 64.6 Å². The fourth-order valence-electron chi connectivity index (χ4n) is 2.67. The van der Waals surface area contributed by atoms with Gasteiger partial charge in [0.05, 0.1) is 18.9 Å². The van der Waals surface area contributed by atoms with Crippen LogP contribution in [0.15, 0.2) is 18.2 Å². The van der Waals surface area contributed by atoms with Crippen molar-refractivity contribution in [3.05, 3.63) is 24.0 Å². The summed E-state index contributed by atoms with van der Waals surface area (Å²) >= 11 is 0. The Hall–Kier alpha value is -1.34. The van der Waals surface area contributed by atoms with Gasteiger partial charge in [0, 0.05) is 13.2 Å². The number of hydrogen-bond acceptors (Lipinski definition) is 4. The summed E-state index contributed by atoms with van der Waals surface area (Å²) < 4.78 is 51.0. The minimum Gasteiger partial charge on any atom is -0.494 e. The third kappa shape index (κ3) is 3.65. The first-order valence-corrected chi connectivity index (χ1v) is 8.40. The fourth-order valence-corrected chi connectivity index (χ4v) is 4.42. The smallest absolute Gasteiger partial charge is 0.238 e. The highest BCUT2D eigenvalue weighted by Gasteiger charge is 2.36. The highest BCUT2D eigenvalue weighted by atomic mass is 32.2. The standard InChI is InChI=1S/C14H20FNO4S/c1-19-12-5-3-4-6-14(12)21(17,18)16-11-8-7-10(15)9-13(11)20-2/h7-9,12,14,16H,3-6H2,1-2H3/t12-,14+/m0/s1. The second-order valence-corrected chi connectivity index (χ2v) is 6.99. The van der Waals surface area contributed by atoms with E-state index < -0.39 is 21.1 Å². The van der Waals surface area contributed by atoms with Gasteiger partial charge in [-0.3, -0.25) is 4.72 Å². The molecular formula is C14H20FNO4S. The van der Waals surface area contributed by atoms with Crippen molar-refractivity contribution < 1.29 is 22.3 Å². The van der Waals surface area contributed by atoms with Gasteiger partial charge in [0.2, 0.25) is 10.0 Å². The summed E-state index contributed by atoms with van der Waals surface area (Å²) in [5.41, 5.74) is 0.235. The number of benzene rings is 1. The molecule has 21 heavy (non-hydrogen) atoms. The van der Waals surface area contributed by atoms with Gasteiger partial charge in [-0.2, -0.15) is 0 Å². The Labute approximate surface area is 124 Å². The molecule has 7 heteroatoms. The van der Waals surface area contributed by atoms with Crippen molar-refractivity contribution >= 4 is 15.7 Å². The molecule has 0 aliphatic heterocycles. The minimum absolute atomic E-state index is 0.156. The molecule has 0 unspecified atom stereocenters. The largest absolute Gasteiger partial charge is 0.494 e. The number of halogens is 1. The van der Waals surface area contributed by atoms with Crippen molar-refractivity contribution in [1.82, 2.24) is 0 Å². The van der Waals surface area contributed by atoms with Crippen molar-refractivity contribution in [2.24, 2.45) is 0 Å². The highest BCUT2D eigenvalue weighted by molar-refractivity contribution is 7.93. The zero-order valence-corrected chi connectivity index (χ0v) is 13.0. The van der Waals surface area contributed by atoms with E-state index in [-0.39, 0.29) is 17.5 Å². The van der Waals surface area contributed by atoms with Crippen molar-refractivity contribution in [3.63, 3.8) is 0 Å². The van der Waals surface area contributed by atoms with Gasteiger partial charge in [-0.1, -0.05) is 12.8 Å². The Balaban J connectivity index is 2.24. The van der Waals surface area contributed by atoms with E-state index in [1.165, 1.54) is 26.4 Å². The van der Waals surface area contributed by atoms with Gasteiger partial charge in [-0.15, -0.1) is 0 Å². The molecule has 0 bridgehead atoms. The summed E-state index contributed by atoms with van der Waals surface area (Å²) in [7, 11) is -0.730. The molecule has 0 aromatic heterocycles. The van der Waals surface area contributed by atoms with E-state index in [2.05, 4.69) is 4.72 Å². The molecule has 0 saturated heterocycles. The summed E-state index contributed by atoms with van der Waals surface area (Å²) in [6, 6.07) is 3.69. The molecule has 0 spiro atoms. The average molecular weight is 317 g/mol. The molecule has 0 amide bonds. The van der Waals surface area contributed by atoms with Crippen molar-refractivity contribution in [2.45, 2.75) is 37.0 Å². The van der Waals surface area contributed by atoms with Crippen molar-refractivity contribution in [1.29, 1.82) is 0 Å². The van der Waals surface area contributed by atoms with Gasteiger partial charge in [0.25, 0.3) is 0 Å². The van der Waals surface area contributed by atoms with Crippen LogP contribution in [0.25, 0.3) is 0 Å². The molecule has 1 fully saturated rings. The normalized spacial score (nSPS) is 22.8.